The molecule has 0 bridgehead atoms. The van der Waals surface area contributed by atoms with E-state index < -0.39 is 0 Å². The summed E-state index contributed by atoms with van der Waals surface area (Å²) in [4.78, 5) is 22.7. The zero-order valence-electron chi connectivity index (χ0n) is 8.34. The normalized spacial score (nSPS) is 29.2. The highest BCUT2D eigenvalue weighted by Gasteiger charge is 2.57. The van der Waals surface area contributed by atoms with Crippen molar-refractivity contribution < 1.29 is 14.3 Å². The van der Waals surface area contributed by atoms with Crippen molar-refractivity contribution in [3.8, 4) is 0 Å². The second-order valence-corrected chi connectivity index (χ2v) is 4.16. The molecule has 4 heteroatoms. The molecule has 0 spiro atoms. The standard InChI is InChI=1S/C10H15NO3/c1-14-9(13)10(5-6-10)7-3-2-4-8(12)11-7/h7H,2-6H2,1H3,(H,11,12). The van der Waals surface area contributed by atoms with Crippen LogP contribution in [-0.2, 0) is 14.3 Å². The smallest absolute Gasteiger partial charge is 0.313 e. The molecule has 1 N–H and O–H groups in total. The quantitative estimate of drug-likeness (QED) is 0.660. The highest BCUT2D eigenvalue weighted by molar-refractivity contribution is 5.83. The van der Waals surface area contributed by atoms with E-state index in [9.17, 15) is 9.59 Å². The van der Waals surface area contributed by atoms with Gasteiger partial charge < -0.3 is 10.1 Å². The number of rotatable bonds is 2. The predicted octanol–water partition coefficient (Wildman–Crippen LogP) is 0.608. The molecular weight excluding hydrogens is 182 g/mol. The lowest BCUT2D eigenvalue weighted by Gasteiger charge is -2.29. The van der Waals surface area contributed by atoms with Crippen LogP contribution in [0.5, 0.6) is 0 Å². The number of amides is 1. The molecule has 1 aliphatic heterocycles. The monoisotopic (exact) mass is 197 g/mol. The highest BCUT2D eigenvalue weighted by Crippen LogP contribution is 2.51. The Kier molecular flexibility index (Phi) is 2.21. The number of carbonyl (C=O) groups is 2. The van der Waals surface area contributed by atoms with Crippen LogP contribution in [-0.4, -0.2) is 25.0 Å². The lowest BCUT2D eigenvalue weighted by molar-refractivity contribution is -0.149. The number of nitrogens with one attached hydrogen (secondary N) is 1. The van der Waals surface area contributed by atoms with Crippen molar-refractivity contribution in [1.29, 1.82) is 0 Å². The molecular formula is C10H15NO3. The van der Waals surface area contributed by atoms with E-state index in [0.29, 0.717) is 6.42 Å². The molecule has 78 valence electrons. The van der Waals surface area contributed by atoms with Gasteiger partial charge in [-0.25, -0.2) is 0 Å². The molecule has 0 radical (unpaired) electrons. The summed E-state index contributed by atoms with van der Waals surface area (Å²) >= 11 is 0. The Morgan fingerprint density at radius 3 is 2.79 bits per heavy atom. The Hall–Kier alpha value is -1.06. The van der Waals surface area contributed by atoms with Gasteiger partial charge in [-0.15, -0.1) is 0 Å². The fourth-order valence-electron chi connectivity index (χ4n) is 2.25. The Morgan fingerprint density at radius 1 is 1.57 bits per heavy atom. The van der Waals surface area contributed by atoms with E-state index in [0.717, 1.165) is 25.7 Å². The van der Waals surface area contributed by atoms with Gasteiger partial charge in [0.05, 0.1) is 12.5 Å². The van der Waals surface area contributed by atoms with Crippen LogP contribution in [0.25, 0.3) is 0 Å². The molecule has 2 rings (SSSR count). The van der Waals surface area contributed by atoms with Crippen molar-refractivity contribution in [2.24, 2.45) is 5.41 Å². The Balaban J connectivity index is 2.06. The van der Waals surface area contributed by atoms with E-state index in [1.807, 2.05) is 0 Å². The number of carbonyl (C=O) groups excluding carboxylic acids is 2. The molecule has 1 saturated carbocycles. The van der Waals surface area contributed by atoms with Gasteiger partial charge in [0.1, 0.15) is 0 Å². The summed E-state index contributed by atoms with van der Waals surface area (Å²) in [7, 11) is 1.41. The van der Waals surface area contributed by atoms with E-state index in [-0.39, 0.29) is 23.3 Å². The Bertz CT molecular complexity index is 271. The molecule has 2 fully saturated rings. The van der Waals surface area contributed by atoms with Crippen LogP contribution in [0.2, 0.25) is 0 Å². The molecule has 0 aromatic carbocycles. The molecule has 0 aromatic heterocycles. The van der Waals surface area contributed by atoms with Gasteiger partial charge in [0.15, 0.2) is 0 Å². The zero-order valence-corrected chi connectivity index (χ0v) is 8.34. The van der Waals surface area contributed by atoms with E-state index in [4.69, 9.17) is 4.74 Å². The van der Waals surface area contributed by atoms with Crippen molar-refractivity contribution >= 4 is 11.9 Å². The predicted molar refractivity (Wildman–Crippen MR) is 49.5 cm³/mol. The summed E-state index contributed by atoms with van der Waals surface area (Å²) in [6.07, 6.45) is 4.08. The third-order valence-corrected chi connectivity index (χ3v) is 3.28. The minimum atomic E-state index is -0.384. The van der Waals surface area contributed by atoms with Gasteiger partial charge in [0.25, 0.3) is 0 Å². The van der Waals surface area contributed by atoms with Gasteiger partial charge in [0.2, 0.25) is 5.91 Å². The number of methoxy groups -OCH3 is 1. The first-order chi connectivity index (χ1) is 6.69. The molecule has 1 unspecified atom stereocenters. The third kappa shape index (κ3) is 1.38. The fourth-order valence-corrected chi connectivity index (χ4v) is 2.25. The topological polar surface area (TPSA) is 55.4 Å². The van der Waals surface area contributed by atoms with Crippen LogP contribution < -0.4 is 5.32 Å². The minimum absolute atomic E-state index is 0.0104. The molecule has 2 aliphatic rings. The summed E-state index contributed by atoms with van der Waals surface area (Å²) in [6, 6.07) is 0.0104. The maximum absolute atomic E-state index is 11.5. The van der Waals surface area contributed by atoms with E-state index >= 15 is 0 Å². The maximum Gasteiger partial charge on any atom is 0.313 e. The number of hydrogen-bond acceptors (Lipinski definition) is 3. The first kappa shape index (κ1) is 9.49. The van der Waals surface area contributed by atoms with Gasteiger partial charge in [-0.3, -0.25) is 9.59 Å². The summed E-state index contributed by atoms with van der Waals surface area (Å²) in [5, 5.41) is 2.89. The van der Waals surface area contributed by atoms with E-state index in [1.54, 1.807) is 0 Å². The van der Waals surface area contributed by atoms with E-state index in [1.165, 1.54) is 7.11 Å². The van der Waals surface area contributed by atoms with Crippen molar-refractivity contribution in [3.63, 3.8) is 0 Å². The van der Waals surface area contributed by atoms with Crippen molar-refractivity contribution in [2.45, 2.75) is 38.1 Å². The first-order valence-corrected chi connectivity index (χ1v) is 5.07. The average molecular weight is 197 g/mol. The molecule has 4 nitrogen and oxygen atoms in total. The molecule has 1 amide bonds. The summed E-state index contributed by atoms with van der Waals surface area (Å²) < 4.78 is 4.78. The van der Waals surface area contributed by atoms with Crippen LogP contribution in [0.3, 0.4) is 0 Å². The number of piperidine rings is 1. The Morgan fingerprint density at radius 2 is 2.29 bits per heavy atom. The van der Waals surface area contributed by atoms with Gasteiger partial charge in [-0.05, 0) is 25.7 Å². The third-order valence-electron chi connectivity index (χ3n) is 3.28. The molecule has 14 heavy (non-hydrogen) atoms. The fraction of sp³-hybridized carbons (Fsp3) is 0.800. The molecule has 1 saturated heterocycles. The average Bonchev–Trinajstić information content (AvgIpc) is 2.97. The summed E-state index contributed by atoms with van der Waals surface area (Å²) in [5.74, 6) is -0.0962. The van der Waals surface area contributed by atoms with Crippen LogP contribution >= 0.6 is 0 Å². The van der Waals surface area contributed by atoms with Crippen molar-refractivity contribution in [2.75, 3.05) is 7.11 Å². The molecule has 1 atom stereocenters. The van der Waals surface area contributed by atoms with Crippen LogP contribution in [0.4, 0.5) is 0 Å². The number of ether oxygens (including phenoxy) is 1. The van der Waals surface area contributed by atoms with Crippen LogP contribution in [0.15, 0.2) is 0 Å². The van der Waals surface area contributed by atoms with Crippen LogP contribution in [0, 0.1) is 5.41 Å². The minimum Gasteiger partial charge on any atom is -0.469 e. The SMILES string of the molecule is COC(=O)C1(C2CCCC(=O)N2)CC1. The lowest BCUT2D eigenvalue weighted by Crippen LogP contribution is -2.47. The zero-order chi connectivity index (χ0) is 10.2. The van der Waals surface area contributed by atoms with Gasteiger partial charge in [-0.1, -0.05) is 0 Å². The van der Waals surface area contributed by atoms with Gasteiger partial charge in [0, 0.05) is 12.5 Å². The largest absolute Gasteiger partial charge is 0.469 e. The summed E-state index contributed by atoms with van der Waals surface area (Å²) in [5.41, 5.74) is -0.384. The number of hydrogen-bond donors (Lipinski definition) is 1. The highest BCUT2D eigenvalue weighted by atomic mass is 16.5. The molecule has 1 aliphatic carbocycles. The van der Waals surface area contributed by atoms with Crippen molar-refractivity contribution in [3.05, 3.63) is 0 Å². The van der Waals surface area contributed by atoms with Gasteiger partial charge in [-0.2, -0.15) is 0 Å². The Labute approximate surface area is 83.0 Å². The number of esters is 1. The first-order valence-electron chi connectivity index (χ1n) is 5.07. The molecule has 1 heterocycles. The maximum atomic E-state index is 11.5. The summed E-state index contributed by atoms with van der Waals surface area (Å²) in [6.45, 7) is 0. The second-order valence-electron chi connectivity index (χ2n) is 4.16. The second kappa shape index (κ2) is 3.26. The van der Waals surface area contributed by atoms with E-state index in [2.05, 4.69) is 5.32 Å². The van der Waals surface area contributed by atoms with Crippen LogP contribution in [0.1, 0.15) is 32.1 Å². The molecule has 0 aromatic rings. The lowest BCUT2D eigenvalue weighted by atomic mass is 9.89. The van der Waals surface area contributed by atoms with Gasteiger partial charge >= 0.3 is 5.97 Å². The van der Waals surface area contributed by atoms with Crippen molar-refractivity contribution in [1.82, 2.24) is 5.32 Å².